The third-order valence-electron chi connectivity index (χ3n) is 19.5. The summed E-state index contributed by atoms with van der Waals surface area (Å²) >= 11 is 0. The van der Waals surface area contributed by atoms with Gasteiger partial charge in [-0.05, 0) is 143 Å². The number of Topliss-reactive ketones (excluding diaryl/α,β-unsaturated/α-hetero) is 3. The first-order valence-electron chi connectivity index (χ1n) is 31.2. The molecule has 16 nitrogen and oxygen atoms in total. The first kappa shape index (κ1) is 70.7. The molecule has 1 amide bonds. The van der Waals surface area contributed by atoms with Crippen molar-refractivity contribution in [1.29, 1.82) is 0 Å². The number of ketones is 3. The van der Waals surface area contributed by atoms with Gasteiger partial charge in [0.1, 0.15) is 36.2 Å². The number of aliphatic hydroxyl groups is 3. The molecule has 0 spiro atoms. The number of fused-ring (bicyclic) bond motifs is 3. The molecule has 0 aromatic heterocycles. The van der Waals surface area contributed by atoms with Crippen molar-refractivity contribution in [2.45, 2.75) is 270 Å². The molecule has 3 heterocycles. The summed E-state index contributed by atoms with van der Waals surface area (Å²) in [5.74, 6) is -8.07. The van der Waals surface area contributed by atoms with Gasteiger partial charge in [0.2, 0.25) is 5.79 Å². The number of aliphatic hydroxyl groups excluding tert-OH is 2. The van der Waals surface area contributed by atoms with E-state index < -0.39 is 107 Å². The second-order valence-corrected chi connectivity index (χ2v) is 34.3. The molecule has 4 rings (SSSR count). The topological polar surface area (TPSA) is 214 Å². The minimum Gasteiger partial charge on any atom is -0.460 e. The van der Waals surface area contributed by atoms with Crippen LogP contribution in [0, 0.1) is 35.5 Å². The first-order chi connectivity index (χ1) is 38.3. The van der Waals surface area contributed by atoms with Crippen molar-refractivity contribution in [3.05, 3.63) is 35.5 Å². The summed E-state index contributed by atoms with van der Waals surface area (Å²) in [4.78, 5) is 74.7. The van der Waals surface area contributed by atoms with Gasteiger partial charge < -0.3 is 52.8 Å². The molecule has 0 aromatic rings. The van der Waals surface area contributed by atoms with Crippen molar-refractivity contribution in [2.24, 2.45) is 35.5 Å². The quantitative estimate of drug-likeness (QED) is 0.0567. The second kappa shape index (κ2) is 32.7. The number of esters is 1. The number of rotatable bonds is 16. The Kier molecular flexibility index (Phi) is 28.5. The van der Waals surface area contributed by atoms with Gasteiger partial charge >= 0.3 is 5.97 Å². The Hall–Kier alpha value is -2.76. The Labute approximate surface area is 489 Å². The van der Waals surface area contributed by atoms with Crippen molar-refractivity contribution in [3.8, 4) is 0 Å². The number of piperidine rings is 1. The van der Waals surface area contributed by atoms with Crippen LogP contribution in [0.15, 0.2) is 35.5 Å². The molecule has 18 heteroatoms. The highest BCUT2D eigenvalue weighted by molar-refractivity contribution is 6.74. The number of carbonyl (C=O) groups excluding carboxylic acids is 5. The molecule has 0 radical (unpaired) electrons. The third-order valence-corrected chi connectivity index (χ3v) is 28.8. The maximum absolute atomic E-state index is 14.9. The number of cyclic esters (lactones) is 1. The van der Waals surface area contributed by atoms with Crippen LogP contribution in [0.3, 0.4) is 0 Å². The van der Waals surface area contributed by atoms with Crippen LogP contribution in [0.1, 0.15) is 167 Å². The summed E-state index contributed by atoms with van der Waals surface area (Å²) in [5, 5.41) is 34.5. The van der Waals surface area contributed by atoms with Crippen molar-refractivity contribution in [1.82, 2.24) is 4.90 Å². The minimum absolute atomic E-state index is 0.00894. The molecule has 0 unspecified atom stereocenters. The summed E-state index contributed by atoms with van der Waals surface area (Å²) < 4.78 is 45.0. The molecule has 3 aliphatic heterocycles. The number of ether oxygens (including phenoxy) is 5. The van der Waals surface area contributed by atoms with Crippen LogP contribution in [0.25, 0.3) is 0 Å². The summed E-state index contributed by atoms with van der Waals surface area (Å²) in [6.07, 6.45) is 5.47. The second-order valence-electron chi connectivity index (χ2n) is 24.9. The normalized spacial score (nSPS) is 36.9. The van der Waals surface area contributed by atoms with Crippen molar-refractivity contribution in [3.63, 3.8) is 0 Å². The molecule has 1 saturated carbocycles. The standard InChI is InChI=1S/C63H109NO15Si2/c1-17-80(18-2,19-3)78-53-31-28-47(37-56(53)74-15)35-42(9)55-39-51(66)41(8)34-45(12)58(79-81(20-4,21-5)22-6)59(75-16)57(68)44(11)33-40(7)26-30-50(65)52(67)36-43(10)54(73-14)38-48-29-27-46(13)63(72,77-48)60(69)61(70)64-32-24-23-25-49(64)62(71)76-55/h26,30,34,36,40-42,44,46-50,52-56,58-59,65,67,72H,17-25,27-29,31-33,35,37-39H2,1-16H3/b30-26+,43-36+,45-34+/t40-,41-,42-,44-,46-,47+,48+,49+,50-,52-,53-,54+,55+,56-,58-,59+,63-/m1/s1. The van der Waals surface area contributed by atoms with Crippen LogP contribution < -0.4 is 0 Å². The summed E-state index contributed by atoms with van der Waals surface area (Å²) in [7, 11) is 0.415. The first-order valence-corrected chi connectivity index (χ1v) is 36.2. The lowest BCUT2D eigenvalue weighted by Gasteiger charge is -2.43. The maximum Gasteiger partial charge on any atom is 0.329 e. The molecule has 1 aliphatic carbocycles. The Morgan fingerprint density at radius 3 is 1.93 bits per heavy atom. The van der Waals surface area contributed by atoms with Gasteiger partial charge in [0, 0.05) is 58.5 Å². The van der Waals surface area contributed by atoms with Crippen LogP contribution in [-0.2, 0) is 56.5 Å². The molecule has 2 bridgehead atoms. The number of hydrogen-bond donors (Lipinski definition) is 3. The molecule has 3 N–H and O–H groups in total. The lowest BCUT2D eigenvalue weighted by Crippen LogP contribution is -2.61. The van der Waals surface area contributed by atoms with E-state index in [1.54, 1.807) is 27.0 Å². The number of hydrogen-bond acceptors (Lipinski definition) is 15. The van der Waals surface area contributed by atoms with Gasteiger partial charge in [-0.2, -0.15) is 0 Å². The largest absolute Gasteiger partial charge is 0.460 e. The summed E-state index contributed by atoms with van der Waals surface area (Å²) in [6, 6.07) is 4.38. The zero-order valence-electron chi connectivity index (χ0n) is 52.7. The fourth-order valence-electron chi connectivity index (χ4n) is 13.2. The number of carbonyl (C=O) groups is 5. The highest BCUT2D eigenvalue weighted by Gasteiger charge is 2.53. The smallest absolute Gasteiger partial charge is 0.329 e. The van der Waals surface area contributed by atoms with Crippen LogP contribution in [0.5, 0.6) is 0 Å². The van der Waals surface area contributed by atoms with Gasteiger partial charge in [-0.1, -0.05) is 100 Å². The molecule has 3 fully saturated rings. The monoisotopic (exact) mass is 1180 g/mol. The predicted molar refractivity (Wildman–Crippen MR) is 320 cm³/mol. The summed E-state index contributed by atoms with van der Waals surface area (Å²) in [6.45, 7) is 26.0. The van der Waals surface area contributed by atoms with Gasteiger partial charge in [-0.15, -0.1) is 0 Å². The number of methoxy groups -OCH3 is 3. The molecule has 464 valence electrons. The zero-order valence-corrected chi connectivity index (χ0v) is 54.7. The van der Waals surface area contributed by atoms with E-state index in [4.69, 9.17) is 32.5 Å². The fourth-order valence-corrected chi connectivity index (χ4v) is 19.0. The molecule has 2 saturated heterocycles. The highest BCUT2D eigenvalue weighted by Crippen LogP contribution is 2.40. The van der Waals surface area contributed by atoms with E-state index in [0.29, 0.717) is 49.7 Å². The van der Waals surface area contributed by atoms with Crippen LogP contribution in [-0.4, -0.2) is 161 Å². The molecular weight excluding hydrogens is 1070 g/mol. The van der Waals surface area contributed by atoms with Gasteiger partial charge in [0.25, 0.3) is 11.7 Å². The number of amides is 1. The fraction of sp³-hybridized carbons (Fsp3) is 0.825. The maximum atomic E-state index is 14.9. The minimum atomic E-state index is -2.51. The molecule has 0 aromatic carbocycles. The zero-order chi connectivity index (χ0) is 60.6. The van der Waals surface area contributed by atoms with Crippen molar-refractivity contribution >= 4 is 45.9 Å². The van der Waals surface area contributed by atoms with Crippen molar-refractivity contribution in [2.75, 3.05) is 27.9 Å². The summed E-state index contributed by atoms with van der Waals surface area (Å²) in [5.41, 5.74) is 1.26. The molecule has 81 heavy (non-hydrogen) atoms. The third kappa shape index (κ3) is 18.4. The van der Waals surface area contributed by atoms with Gasteiger partial charge in [-0.25, -0.2) is 4.79 Å². The van der Waals surface area contributed by atoms with Crippen molar-refractivity contribution < 1.29 is 71.8 Å². The Balaban J connectivity index is 1.81. The Morgan fingerprint density at radius 1 is 0.704 bits per heavy atom. The van der Waals surface area contributed by atoms with E-state index in [1.165, 1.54) is 31.3 Å². The lowest BCUT2D eigenvalue weighted by atomic mass is 9.78. The van der Waals surface area contributed by atoms with E-state index in [-0.39, 0.29) is 67.3 Å². The van der Waals surface area contributed by atoms with Crippen LogP contribution >= 0.6 is 0 Å². The van der Waals surface area contributed by atoms with Gasteiger partial charge in [-0.3, -0.25) is 19.2 Å². The Bertz CT molecular complexity index is 2110. The molecule has 17 atom stereocenters. The average Bonchev–Trinajstić information content (AvgIpc) is 3.56. The molecular formula is C63H109NO15Si2. The van der Waals surface area contributed by atoms with E-state index in [1.807, 2.05) is 40.7 Å². The van der Waals surface area contributed by atoms with E-state index in [9.17, 15) is 39.3 Å². The van der Waals surface area contributed by atoms with Crippen LogP contribution in [0.2, 0.25) is 36.3 Å². The van der Waals surface area contributed by atoms with E-state index in [0.717, 1.165) is 55.5 Å². The van der Waals surface area contributed by atoms with Gasteiger partial charge in [0.05, 0.1) is 30.5 Å². The highest BCUT2D eigenvalue weighted by atomic mass is 28.4. The van der Waals surface area contributed by atoms with E-state index in [2.05, 4.69) is 41.5 Å². The van der Waals surface area contributed by atoms with Crippen LogP contribution in [0.4, 0.5) is 0 Å². The average molecular weight is 1180 g/mol. The predicted octanol–water partition coefficient (Wildman–Crippen LogP) is 10.4. The lowest BCUT2D eigenvalue weighted by molar-refractivity contribution is -0.265. The van der Waals surface area contributed by atoms with E-state index >= 15 is 0 Å². The number of nitrogens with zero attached hydrogens (tertiary/aromatic N) is 1. The Morgan fingerprint density at radius 2 is 1.33 bits per heavy atom. The number of allylic oxidation sites excluding steroid dienone is 2. The van der Waals surface area contributed by atoms with Gasteiger partial charge in [0.15, 0.2) is 22.4 Å². The molecule has 4 aliphatic rings. The SMILES string of the molecule is CC[Si](CC)(CC)O[C@@H]1/C(C)=C/[C@@H](C)C(=O)C[C@@H]([C@H](C)C[C@@H]2CC[C@@H](O[Si](CC)(CC)CC)[C@H](OC)C2)OC(=O)[C@@H]2CCCCN2C(=O)C(=O)[C@]2(O)O[C@@H](CC[C@H]2C)C[C@H](OC)/C(C)=C/[C@@H](O)[C@H](O)/C=C/[C@@H](C)C[C@@H](C)C(=O)[C@@H]1OC.